The summed E-state index contributed by atoms with van der Waals surface area (Å²) in [4.78, 5) is 23.4. The van der Waals surface area contributed by atoms with Crippen LogP contribution in [0.15, 0.2) is 23.7 Å². The molecule has 0 unspecified atom stereocenters. The number of thiazole rings is 1. The highest BCUT2D eigenvalue weighted by atomic mass is 32.1. The van der Waals surface area contributed by atoms with E-state index in [1.165, 1.54) is 5.01 Å². The number of carbonyl (C=O) groups excluding carboxylic acids is 1. The first-order valence-electron chi connectivity index (χ1n) is 7.73. The zero-order chi connectivity index (χ0) is 15.5. The second kappa shape index (κ2) is 6.57. The Balaban J connectivity index is 1.63. The Morgan fingerprint density at radius 1 is 1.36 bits per heavy atom. The predicted molar refractivity (Wildman–Crippen MR) is 88.1 cm³/mol. The summed E-state index contributed by atoms with van der Waals surface area (Å²) in [6.07, 6.45) is 4.43. The number of aromatic nitrogens is 2. The second-order valence-corrected chi connectivity index (χ2v) is 6.88. The van der Waals surface area contributed by atoms with Crippen LogP contribution in [-0.2, 0) is 11.2 Å². The van der Waals surface area contributed by atoms with Crippen molar-refractivity contribution in [2.45, 2.75) is 39.0 Å². The third-order valence-corrected chi connectivity index (χ3v) is 5.21. The van der Waals surface area contributed by atoms with Crippen molar-refractivity contribution in [3.8, 4) is 0 Å². The lowest BCUT2D eigenvalue weighted by atomic mass is 9.98. The van der Waals surface area contributed by atoms with E-state index in [1.54, 1.807) is 17.5 Å². The van der Waals surface area contributed by atoms with Gasteiger partial charge in [0.1, 0.15) is 0 Å². The Morgan fingerprint density at radius 2 is 2.23 bits per heavy atom. The maximum absolute atomic E-state index is 12.5. The average Bonchev–Trinajstić information content (AvgIpc) is 2.96. The van der Waals surface area contributed by atoms with Crippen molar-refractivity contribution >= 4 is 17.2 Å². The van der Waals surface area contributed by atoms with Gasteiger partial charge in [-0.25, -0.2) is 4.98 Å². The topological polar surface area (TPSA) is 46.1 Å². The Labute approximate surface area is 135 Å². The number of amides is 1. The zero-order valence-corrected chi connectivity index (χ0v) is 13.9. The fraction of sp³-hybridized carbons (Fsp3) is 0.471. The number of hydrogen-bond donors (Lipinski definition) is 0. The molecule has 0 aliphatic carbocycles. The van der Waals surface area contributed by atoms with Crippen LogP contribution in [0.25, 0.3) is 0 Å². The van der Waals surface area contributed by atoms with Gasteiger partial charge in [0.2, 0.25) is 5.91 Å². The molecule has 2 aromatic rings. The Hall–Kier alpha value is -1.75. The largest absolute Gasteiger partial charge is 0.342 e. The minimum atomic E-state index is 0.198. The van der Waals surface area contributed by atoms with Gasteiger partial charge in [0.25, 0.3) is 0 Å². The fourth-order valence-electron chi connectivity index (χ4n) is 2.85. The van der Waals surface area contributed by atoms with Gasteiger partial charge < -0.3 is 4.90 Å². The third-order valence-electron chi connectivity index (χ3n) is 4.09. The number of likely N-dealkylation sites (tertiary alicyclic amines) is 1. The minimum Gasteiger partial charge on any atom is -0.342 e. The highest BCUT2D eigenvalue weighted by molar-refractivity contribution is 7.09. The van der Waals surface area contributed by atoms with Crippen LogP contribution in [0.5, 0.6) is 0 Å². The van der Waals surface area contributed by atoms with E-state index in [-0.39, 0.29) is 5.91 Å². The minimum absolute atomic E-state index is 0.198. The molecule has 0 saturated carbocycles. The first kappa shape index (κ1) is 15.2. The van der Waals surface area contributed by atoms with Crippen LogP contribution in [0.3, 0.4) is 0 Å². The van der Waals surface area contributed by atoms with Crippen LogP contribution >= 0.6 is 11.3 Å². The molecule has 2 aromatic heterocycles. The number of piperidine rings is 1. The molecule has 1 amide bonds. The van der Waals surface area contributed by atoms with Gasteiger partial charge in [-0.15, -0.1) is 11.3 Å². The molecule has 1 saturated heterocycles. The summed E-state index contributed by atoms with van der Waals surface area (Å²) in [5.41, 5.74) is 3.05. The molecule has 116 valence electrons. The summed E-state index contributed by atoms with van der Waals surface area (Å²) < 4.78 is 0. The molecule has 1 aliphatic heterocycles. The van der Waals surface area contributed by atoms with Crippen molar-refractivity contribution in [1.29, 1.82) is 0 Å². The summed E-state index contributed by atoms with van der Waals surface area (Å²) in [6.45, 7) is 5.64. The smallest absolute Gasteiger partial charge is 0.227 e. The number of aryl methyl sites for hydroxylation is 2. The van der Waals surface area contributed by atoms with Gasteiger partial charge in [0.05, 0.1) is 11.4 Å². The molecule has 0 N–H and O–H groups in total. The van der Waals surface area contributed by atoms with Gasteiger partial charge >= 0.3 is 0 Å². The molecule has 5 heteroatoms. The van der Waals surface area contributed by atoms with E-state index in [9.17, 15) is 4.79 Å². The Kier molecular flexibility index (Phi) is 4.52. The maximum Gasteiger partial charge on any atom is 0.227 e. The van der Waals surface area contributed by atoms with Gasteiger partial charge in [-0.2, -0.15) is 0 Å². The van der Waals surface area contributed by atoms with Crippen LogP contribution in [0.4, 0.5) is 0 Å². The van der Waals surface area contributed by atoms with E-state index >= 15 is 0 Å². The van der Waals surface area contributed by atoms with Crippen LogP contribution in [0.2, 0.25) is 0 Å². The number of nitrogens with zero attached hydrogens (tertiary/aromatic N) is 3. The Bertz CT molecular complexity index is 650. The Morgan fingerprint density at radius 3 is 2.91 bits per heavy atom. The SMILES string of the molecule is Cc1ccc(CC(=O)N2CCC[C@H](c3nc(C)cs3)C2)cn1. The van der Waals surface area contributed by atoms with E-state index in [2.05, 4.69) is 15.3 Å². The van der Waals surface area contributed by atoms with Gasteiger partial charge in [0.15, 0.2) is 0 Å². The lowest BCUT2D eigenvalue weighted by Crippen LogP contribution is -2.39. The molecule has 0 bridgehead atoms. The standard InChI is InChI=1S/C17H21N3OS/c1-12-5-6-14(9-18-12)8-16(21)20-7-3-4-15(10-20)17-19-13(2)11-22-17/h5-6,9,11,15H,3-4,7-8,10H2,1-2H3/t15-/m0/s1. The van der Waals surface area contributed by atoms with Gasteiger partial charge in [-0.05, 0) is 38.3 Å². The zero-order valence-electron chi connectivity index (χ0n) is 13.1. The maximum atomic E-state index is 12.5. The van der Waals surface area contributed by atoms with Crippen LogP contribution in [0.1, 0.15) is 40.7 Å². The van der Waals surface area contributed by atoms with E-state index in [0.29, 0.717) is 12.3 Å². The first-order chi connectivity index (χ1) is 10.6. The summed E-state index contributed by atoms with van der Waals surface area (Å²) in [6, 6.07) is 3.95. The van der Waals surface area contributed by atoms with Crippen molar-refractivity contribution in [2.75, 3.05) is 13.1 Å². The van der Waals surface area contributed by atoms with Gasteiger partial charge in [0, 0.05) is 42.0 Å². The summed E-state index contributed by atoms with van der Waals surface area (Å²) in [5, 5.41) is 3.26. The highest BCUT2D eigenvalue weighted by Gasteiger charge is 2.26. The van der Waals surface area contributed by atoms with Gasteiger partial charge in [-0.3, -0.25) is 9.78 Å². The normalized spacial score (nSPS) is 18.5. The third kappa shape index (κ3) is 3.53. The molecule has 0 radical (unpaired) electrons. The monoisotopic (exact) mass is 315 g/mol. The highest BCUT2D eigenvalue weighted by Crippen LogP contribution is 2.29. The number of pyridine rings is 1. The van der Waals surface area contributed by atoms with E-state index in [1.807, 2.05) is 30.9 Å². The first-order valence-corrected chi connectivity index (χ1v) is 8.61. The van der Waals surface area contributed by atoms with Crippen molar-refractivity contribution in [2.24, 2.45) is 0 Å². The number of rotatable bonds is 3. The van der Waals surface area contributed by atoms with E-state index in [4.69, 9.17) is 0 Å². The van der Waals surface area contributed by atoms with Crippen molar-refractivity contribution in [3.63, 3.8) is 0 Å². The van der Waals surface area contributed by atoms with E-state index in [0.717, 1.165) is 42.9 Å². The number of carbonyl (C=O) groups is 1. The molecule has 3 heterocycles. The van der Waals surface area contributed by atoms with Crippen LogP contribution < -0.4 is 0 Å². The molecule has 1 aliphatic rings. The quantitative estimate of drug-likeness (QED) is 0.874. The molecular weight excluding hydrogens is 294 g/mol. The van der Waals surface area contributed by atoms with Crippen molar-refractivity contribution in [3.05, 3.63) is 45.7 Å². The molecule has 4 nitrogen and oxygen atoms in total. The summed E-state index contributed by atoms with van der Waals surface area (Å²) in [5.74, 6) is 0.594. The van der Waals surface area contributed by atoms with Crippen molar-refractivity contribution in [1.82, 2.24) is 14.9 Å². The molecular formula is C17H21N3OS. The molecule has 22 heavy (non-hydrogen) atoms. The summed E-state index contributed by atoms with van der Waals surface area (Å²) in [7, 11) is 0. The van der Waals surface area contributed by atoms with Crippen LogP contribution in [-0.4, -0.2) is 33.9 Å². The predicted octanol–water partition coefficient (Wildman–Crippen LogP) is 3.10. The molecule has 1 atom stereocenters. The molecule has 0 spiro atoms. The van der Waals surface area contributed by atoms with Crippen LogP contribution in [0, 0.1) is 13.8 Å². The summed E-state index contributed by atoms with van der Waals surface area (Å²) >= 11 is 1.72. The van der Waals surface area contributed by atoms with E-state index < -0.39 is 0 Å². The van der Waals surface area contributed by atoms with Gasteiger partial charge in [-0.1, -0.05) is 6.07 Å². The van der Waals surface area contributed by atoms with Crippen molar-refractivity contribution < 1.29 is 4.79 Å². The second-order valence-electron chi connectivity index (χ2n) is 5.99. The average molecular weight is 315 g/mol. The molecule has 0 aromatic carbocycles. The fourth-order valence-corrected chi connectivity index (χ4v) is 3.78. The lowest BCUT2D eigenvalue weighted by Gasteiger charge is -2.32. The lowest BCUT2D eigenvalue weighted by molar-refractivity contribution is -0.131. The number of hydrogen-bond acceptors (Lipinski definition) is 4. The molecule has 1 fully saturated rings. The molecule has 3 rings (SSSR count).